The molecule has 1 N–H and O–H groups in total. The van der Waals surface area contributed by atoms with Crippen LogP contribution in [0, 0.1) is 16.0 Å². The van der Waals surface area contributed by atoms with Gasteiger partial charge in [-0.2, -0.15) is 0 Å². The zero-order valence-corrected chi connectivity index (χ0v) is 11.1. The normalized spacial score (nSPS) is 12.7. The Kier molecular flexibility index (Phi) is 5.64. The second-order valence-corrected chi connectivity index (χ2v) is 4.62. The van der Waals surface area contributed by atoms with Crippen molar-refractivity contribution in [2.45, 2.75) is 39.7 Å². The summed E-state index contributed by atoms with van der Waals surface area (Å²) in [6, 6.07) is 0.298. The van der Waals surface area contributed by atoms with Gasteiger partial charge < -0.3 is 5.32 Å². The highest BCUT2D eigenvalue weighted by Crippen LogP contribution is 2.10. The molecule has 0 radical (unpaired) electrons. The Bertz CT molecular complexity index is 378. The minimum absolute atomic E-state index is 0.0682. The fourth-order valence-electron chi connectivity index (χ4n) is 1.62. The molecule has 1 aromatic rings. The van der Waals surface area contributed by atoms with Crippen LogP contribution >= 0.6 is 0 Å². The lowest BCUT2D eigenvalue weighted by atomic mass is 10.0. The van der Waals surface area contributed by atoms with Crippen LogP contribution in [-0.2, 0) is 6.42 Å². The molecule has 1 heterocycles. The summed E-state index contributed by atoms with van der Waals surface area (Å²) in [4.78, 5) is 18.1. The summed E-state index contributed by atoms with van der Waals surface area (Å²) in [5.41, 5.74) is -0.0682. The van der Waals surface area contributed by atoms with E-state index in [9.17, 15) is 10.1 Å². The molecular weight excluding hydrogens is 232 g/mol. The van der Waals surface area contributed by atoms with E-state index in [1.165, 1.54) is 12.4 Å². The summed E-state index contributed by atoms with van der Waals surface area (Å²) in [5, 5.41) is 13.9. The molecule has 0 saturated carbocycles. The van der Waals surface area contributed by atoms with Crippen molar-refractivity contribution in [2.75, 3.05) is 6.54 Å². The van der Waals surface area contributed by atoms with Gasteiger partial charge in [0.15, 0.2) is 0 Å². The number of nitro groups is 1. The fraction of sp³-hybridized carbons (Fsp3) is 0.667. The number of hydrogen-bond acceptors (Lipinski definition) is 5. The van der Waals surface area contributed by atoms with Crippen LogP contribution in [0.15, 0.2) is 12.4 Å². The van der Waals surface area contributed by atoms with Gasteiger partial charge in [0.2, 0.25) is 0 Å². The number of nitrogens with one attached hydrogen (secondary N) is 1. The van der Waals surface area contributed by atoms with E-state index in [0.717, 1.165) is 13.0 Å². The third kappa shape index (κ3) is 4.37. The van der Waals surface area contributed by atoms with Gasteiger partial charge in [0, 0.05) is 12.5 Å². The third-order valence-corrected chi connectivity index (χ3v) is 2.77. The zero-order valence-electron chi connectivity index (χ0n) is 11.1. The lowest BCUT2D eigenvalue weighted by molar-refractivity contribution is -0.385. The Balaban J connectivity index is 2.65. The van der Waals surface area contributed by atoms with Crippen molar-refractivity contribution in [3.8, 4) is 0 Å². The molecule has 1 unspecified atom stereocenters. The van der Waals surface area contributed by atoms with E-state index >= 15 is 0 Å². The summed E-state index contributed by atoms with van der Waals surface area (Å²) in [7, 11) is 0. The van der Waals surface area contributed by atoms with Crippen molar-refractivity contribution in [1.82, 2.24) is 15.3 Å². The van der Waals surface area contributed by atoms with Crippen LogP contribution in [-0.4, -0.2) is 27.5 Å². The molecule has 1 aromatic heterocycles. The van der Waals surface area contributed by atoms with E-state index < -0.39 is 4.92 Å². The molecule has 0 bridgehead atoms. The Labute approximate surface area is 107 Å². The average Bonchev–Trinajstić information content (AvgIpc) is 2.34. The van der Waals surface area contributed by atoms with Gasteiger partial charge in [-0.3, -0.25) is 10.1 Å². The van der Waals surface area contributed by atoms with Gasteiger partial charge in [0.25, 0.3) is 0 Å². The molecule has 0 aliphatic heterocycles. The van der Waals surface area contributed by atoms with Crippen molar-refractivity contribution < 1.29 is 4.92 Å². The maximum absolute atomic E-state index is 10.5. The second-order valence-electron chi connectivity index (χ2n) is 4.62. The Hall–Kier alpha value is -1.56. The Morgan fingerprint density at radius 3 is 2.44 bits per heavy atom. The van der Waals surface area contributed by atoms with E-state index in [2.05, 4.69) is 36.1 Å². The van der Waals surface area contributed by atoms with Crippen molar-refractivity contribution in [3.63, 3.8) is 0 Å². The standard InChI is InChI=1S/C12H20N4O2/c1-4-5-13-11(9(2)3)6-12-14-7-10(8-15-12)16(17)18/h7-9,11,13H,4-6H2,1-3H3. The van der Waals surface area contributed by atoms with Crippen molar-refractivity contribution in [1.29, 1.82) is 0 Å². The molecular formula is C12H20N4O2. The van der Waals surface area contributed by atoms with Crippen LogP contribution in [0.3, 0.4) is 0 Å². The quantitative estimate of drug-likeness (QED) is 0.592. The van der Waals surface area contributed by atoms with Crippen LogP contribution in [0.1, 0.15) is 33.0 Å². The van der Waals surface area contributed by atoms with Crippen molar-refractivity contribution >= 4 is 5.69 Å². The highest BCUT2D eigenvalue weighted by Gasteiger charge is 2.15. The molecule has 0 fully saturated rings. The van der Waals surface area contributed by atoms with Crippen LogP contribution in [0.2, 0.25) is 0 Å². The van der Waals surface area contributed by atoms with E-state index in [4.69, 9.17) is 0 Å². The monoisotopic (exact) mass is 252 g/mol. The maximum Gasteiger partial charge on any atom is 0.305 e. The molecule has 1 atom stereocenters. The first-order valence-electron chi connectivity index (χ1n) is 6.23. The average molecular weight is 252 g/mol. The SMILES string of the molecule is CCCNC(Cc1ncc([N+](=O)[O-])cn1)C(C)C. The van der Waals surface area contributed by atoms with Gasteiger partial charge in [-0.1, -0.05) is 20.8 Å². The number of hydrogen-bond donors (Lipinski definition) is 1. The summed E-state index contributed by atoms with van der Waals surface area (Å²) in [5.74, 6) is 1.11. The molecule has 6 nitrogen and oxygen atoms in total. The second kappa shape index (κ2) is 7.00. The number of nitrogens with zero attached hydrogens (tertiary/aromatic N) is 3. The van der Waals surface area contributed by atoms with Gasteiger partial charge in [-0.05, 0) is 18.9 Å². The highest BCUT2D eigenvalue weighted by molar-refractivity contribution is 5.20. The molecule has 0 saturated heterocycles. The lowest BCUT2D eigenvalue weighted by Crippen LogP contribution is -2.36. The smallest absolute Gasteiger partial charge is 0.305 e. The van der Waals surface area contributed by atoms with Crippen LogP contribution in [0.4, 0.5) is 5.69 Å². The molecule has 1 rings (SSSR count). The van der Waals surface area contributed by atoms with Crippen molar-refractivity contribution in [2.24, 2.45) is 5.92 Å². The van der Waals surface area contributed by atoms with Crippen molar-refractivity contribution in [3.05, 3.63) is 28.3 Å². The highest BCUT2D eigenvalue weighted by atomic mass is 16.6. The molecule has 0 aromatic carbocycles. The van der Waals surface area contributed by atoms with E-state index in [0.29, 0.717) is 24.2 Å². The van der Waals surface area contributed by atoms with Gasteiger partial charge in [0.1, 0.15) is 18.2 Å². The molecule has 0 spiro atoms. The minimum Gasteiger partial charge on any atom is -0.313 e. The molecule has 0 aliphatic carbocycles. The zero-order chi connectivity index (χ0) is 13.5. The van der Waals surface area contributed by atoms with Gasteiger partial charge in [-0.25, -0.2) is 9.97 Å². The maximum atomic E-state index is 10.5. The molecule has 18 heavy (non-hydrogen) atoms. The first-order chi connectivity index (χ1) is 8.54. The Morgan fingerprint density at radius 1 is 1.39 bits per heavy atom. The molecule has 100 valence electrons. The topological polar surface area (TPSA) is 81.0 Å². The summed E-state index contributed by atoms with van der Waals surface area (Å²) < 4.78 is 0. The van der Waals surface area contributed by atoms with Crippen LogP contribution < -0.4 is 5.32 Å². The summed E-state index contributed by atoms with van der Waals surface area (Å²) >= 11 is 0. The minimum atomic E-state index is -0.487. The predicted molar refractivity (Wildman–Crippen MR) is 69.3 cm³/mol. The number of rotatable bonds is 7. The molecule has 0 amide bonds. The summed E-state index contributed by atoms with van der Waals surface area (Å²) in [6.07, 6.45) is 4.29. The van der Waals surface area contributed by atoms with E-state index in [1.54, 1.807) is 0 Å². The first kappa shape index (κ1) is 14.5. The van der Waals surface area contributed by atoms with E-state index in [1.807, 2.05) is 0 Å². The fourth-order valence-corrected chi connectivity index (χ4v) is 1.62. The van der Waals surface area contributed by atoms with Crippen LogP contribution in [0.25, 0.3) is 0 Å². The molecule has 6 heteroatoms. The first-order valence-corrected chi connectivity index (χ1v) is 6.23. The third-order valence-electron chi connectivity index (χ3n) is 2.77. The number of aromatic nitrogens is 2. The van der Waals surface area contributed by atoms with Crippen LogP contribution in [0.5, 0.6) is 0 Å². The van der Waals surface area contributed by atoms with E-state index in [-0.39, 0.29) is 5.69 Å². The largest absolute Gasteiger partial charge is 0.313 e. The lowest BCUT2D eigenvalue weighted by Gasteiger charge is -2.21. The predicted octanol–water partition coefficient (Wildman–Crippen LogP) is 1.95. The summed E-state index contributed by atoms with van der Waals surface area (Å²) in [6.45, 7) is 7.35. The Morgan fingerprint density at radius 2 is 2.00 bits per heavy atom. The van der Waals surface area contributed by atoms with Gasteiger partial charge in [0.05, 0.1) is 4.92 Å². The van der Waals surface area contributed by atoms with Gasteiger partial charge in [-0.15, -0.1) is 0 Å². The van der Waals surface area contributed by atoms with Gasteiger partial charge >= 0.3 is 5.69 Å². The molecule has 0 aliphatic rings.